The molecule has 5 heteroatoms. The predicted octanol–water partition coefficient (Wildman–Crippen LogP) is 0.393. The standard InChI is InChI=1S/C13H18N2O3/c1-9(8-14)12(16)15-11(13(17)18)7-10-5-3-2-4-6-10/h2-6,9,11H,7-8,14H2,1H3,(H,15,16)(H,17,18). The molecule has 98 valence electrons. The van der Waals surface area contributed by atoms with Crippen molar-refractivity contribution in [1.82, 2.24) is 5.32 Å². The van der Waals surface area contributed by atoms with Crippen molar-refractivity contribution in [3.63, 3.8) is 0 Å². The summed E-state index contributed by atoms with van der Waals surface area (Å²) < 4.78 is 0. The monoisotopic (exact) mass is 250 g/mol. The Bertz CT molecular complexity index is 406. The first kappa shape index (κ1) is 14.2. The van der Waals surface area contributed by atoms with E-state index in [4.69, 9.17) is 10.8 Å². The summed E-state index contributed by atoms with van der Waals surface area (Å²) >= 11 is 0. The van der Waals surface area contributed by atoms with Crippen LogP contribution < -0.4 is 11.1 Å². The van der Waals surface area contributed by atoms with Gasteiger partial charge in [0.2, 0.25) is 5.91 Å². The fourth-order valence-corrected chi connectivity index (χ4v) is 1.47. The zero-order valence-corrected chi connectivity index (χ0v) is 10.3. The number of hydrogen-bond donors (Lipinski definition) is 3. The van der Waals surface area contributed by atoms with Crippen molar-refractivity contribution in [3.8, 4) is 0 Å². The highest BCUT2D eigenvalue weighted by atomic mass is 16.4. The lowest BCUT2D eigenvalue weighted by Gasteiger charge is -2.17. The quantitative estimate of drug-likeness (QED) is 0.681. The Labute approximate surface area is 106 Å². The minimum Gasteiger partial charge on any atom is -0.480 e. The number of rotatable bonds is 6. The summed E-state index contributed by atoms with van der Waals surface area (Å²) in [7, 11) is 0. The first-order valence-electron chi connectivity index (χ1n) is 5.81. The molecule has 0 bridgehead atoms. The van der Waals surface area contributed by atoms with Gasteiger partial charge in [0.1, 0.15) is 6.04 Å². The number of carboxylic acid groups (broad SMARTS) is 1. The molecule has 1 aromatic carbocycles. The number of amides is 1. The third-order valence-corrected chi connectivity index (χ3v) is 2.70. The van der Waals surface area contributed by atoms with E-state index in [1.165, 1.54) is 0 Å². The number of nitrogens with one attached hydrogen (secondary N) is 1. The summed E-state index contributed by atoms with van der Waals surface area (Å²) in [4.78, 5) is 22.7. The van der Waals surface area contributed by atoms with Crippen molar-refractivity contribution in [1.29, 1.82) is 0 Å². The number of carbonyl (C=O) groups is 2. The van der Waals surface area contributed by atoms with Crippen LogP contribution in [0.5, 0.6) is 0 Å². The van der Waals surface area contributed by atoms with Crippen LogP contribution in [0, 0.1) is 5.92 Å². The maximum Gasteiger partial charge on any atom is 0.326 e. The van der Waals surface area contributed by atoms with E-state index in [-0.39, 0.29) is 24.8 Å². The summed E-state index contributed by atoms with van der Waals surface area (Å²) in [6.45, 7) is 1.86. The fraction of sp³-hybridized carbons (Fsp3) is 0.385. The second-order valence-electron chi connectivity index (χ2n) is 4.23. The van der Waals surface area contributed by atoms with Crippen molar-refractivity contribution in [2.24, 2.45) is 11.7 Å². The highest BCUT2D eigenvalue weighted by Gasteiger charge is 2.22. The van der Waals surface area contributed by atoms with Gasteiger partial charge in [0.25, 0.3) is 0 Å². The molecule has 1 rings (SSSR count). The van der Waals surface area contributed by atoms with Crippen LogP contribution >= 0.6 is 0 Å². The molecule has 0 aliphatic heterocycles. The molecule has 0 saturated heterocycles. The molecule has 0 saturated carbocycles. The van der Waals surface area contributed by atoms with E-state index in [2.05, 4.69) is 5.32 Å². The number of hydrogen-bond acceptors (Lipinski definition) is 3. The molecule has 0 spiro atoms. The van der Waals surface area contributed by atoms with Crippen molar-refractivity contribution in [3.05, 3.63) is 35.9 Å². The maximum atomic E-state index is 11.6. The minimum atomic E-state index is -1.04. The number of aliphatic carboxylic acids is 1. The molecule has 0 fully saturated rings. The summed E-state index contributed by atoms with van der Waals surface area (Å²) in [5, 5.41) is 11.6. The Balaban J connectivity index is 2.67. The second-order valence-corrected chi connectivity index (χ2v) is 4.23. The average molecular weight is 250 g/mol. The lowest BCUT2D eigenvalue weighted by molar-refractivity contribution is -0.142. The van der Waals surface area contributed by atoms with E-state index in [0.717, 1.165) is 5.56 Å². The number of carbonyl (C=O) groups excluding carboxylic acids is 1. The molecule has 2 unspecified atom stereocenters. The van der Waals surface area contributed by atoms with Gasteiger partial charge in [-0.2, -0.15) is 0 Å². The molecule has 2 atom stereocenters. The van der Waals surface area contributed by atoms with E-state index < -0.39 is 12.0 Å². The average Bonchev–Trinajstić information content (AvgIpc) is 2.37. The van der Waals surface area contributed by atoms with Crippen molar-refractivity contribution in [2.75, 3.05) is 6.54 Å². The highest BCUT2D eigenvalue weighted by Crippen LogP contribution is 2.04. The normalized spacial score (nSPS) is 13.7. The van der Waals surface area contributed by atoms with Crippen LogP contribution in [0.15, 0.2) is 30.3 Å². The Kier molecular flexibility index (Phi) is 5.32. The smallest absolute Gasteiger partial charge is 0.326 e. The van der Waals surface area contributed by atoms with Crippen molar-refractivity contribution in [2.45, 2.75) is 19.4 Å². The first-order valence-corrected chi connectivity index (χ1v) is 5.81. The van der Waals surface area contributed by atoms with Crippen LogP contribution in [0.3, 0.4) is 0 Å². The summed E-state index contributed by atoms with van der Waals surface area (Å²) in [5.41, 5.74) is 6.24. The summed E-state index contributed by atoms with van der Waals surface area (Å²) in [6, 6.07) is 8.25. The molecule has 5 nitrogen and oxygen atoms in total. The Morgan fingerprint density at radius 2 is 1.94 bits per heavy atom. The predicted molar refractivity (Wildman–Crippen MR) is 67.9 cm³/mol. The van der Waals surface area contributed by atoms with E-state index >= 15 is 0 Å². The van der Waals surface area contributed by atoms with Crippen molar-refractivity contribution < 1.29 is 14.7 Å². The Hall–Kier alpha value is -1.88. The van der Waals surface area contributed by atoms with Crippen molar-refractivity contribution >= 4 is 11.9 Å². The second kappa shape index (κ2) is 6.76. The van der Waals surface area contributed by atoms with E-state index in [1.54, 1.807) is 6.92 Å². The third kappa shape index (κ3) is 4.18. The van der Waals surface area contributed by atoms with Gasteiger partial charge in [-0.1, -0.05) is 37.3 Å². The van der Waals surface area contributed by atoms with Gasteiger partial charge in [-0.05, 0) is 5.56 Å². The molecule has 18 heavy (non-hydrogen) atoms. The lowest BCUT2D eigenvalue weighted by Crippen LogP contribution is -2.45. The molecular weight excluding hydrogens is 232 g/mol. The largest absolute Gasteiger partial charge is 0.480 e. The number of benzene rings is 1. The van der Waals surface area contributed by atoms with Gasteiger partial charge in [0, 0.05) is 18.9 Å². The molecule has 0 aliphatic rings. The molecule has 1 aromatic rings. The molecule has 0 heterocycles. The number of carboxylic acids is 1. The van der Waals surface area contributed by atoms with E-state index in [9.17, 15) is 9.59 Å². The van der Waals surface area contributed by atoms with Gasteiger partial charge in [-0.25, -0.2) is 4.79 Å². The molecule has 0 radical (unpaired) electrons. The molecule has 4 N–H and O–H groups in total. The minimum absolute atomic E-state index is 0.198. The van der Waals surface area contributed by atoms with Crippen LogP contribution in [-0.4, -0.2) is 29.6 Å². The van der Waals surface area contributed by atoms with Gasteiger partial charge in [-0.3, -0.25) is 4.79 Å². The Morgan fingerprint density at radius 1 is 1.33 bits per heavy atom. The fourth-order valence-electron chi connectivity index (χ4n) is 1.47. The lowest BCUT2D eigenvalue weighted by atomic mass is 10.0. The molecule has 1 amide bonds. The Morgan fingerprint density at radius 3 is 2.44 bits per heavy atom. The van der Waals surface area contributed by atoms with Gasteiger partial charge in [0.15, 0.2) is 0 Å². The zero-order valence-electron chi connectivity index (χ0n) is 10.3. The van der Waals surface area contributed by atoms with Gasteiger partial charge >= 0.3 is 5.97 Å². The SMILES string of the molecule is CC(CN)C(=O)NC(Cc1ccccc1)C(=O)O. The molecular formula is C13H18N2O3. The van der Waals surface area contributed by atoms with Crippen LogP contribution in [0.2, 0.25) is 0 Å². The van der Waals surface area contributed by atoms with Crippen LogP contribution in [0.25, 0.3) is 0 Å². The third-order valence-electron chi connectivity index (χ3n) is 2.70. The maximum absolute atomic E-state index is 11.6. The van der Waals surface area contributed by atoms with Gasteiger partial charge in [0.05, 0.1) is 0 Å². The van der Waals surface area contributed by atoms with E-state index in [0.29, 0.717) is 0 Å². The van der Waals surface area contributed by atoms with Crippen LogP contribution in [0.1, 0.15) is 12.5 Å². The zero-order chi connectivity index (χ0) is 13.5. The number of nitrogens with two attached hydrogens (primary N) is 1. The highest BCUT2D eigenvalue weighted by molar-refractivity contribution is 5.85. The topological polar surface area (TPSA) is 92.4 Å². The van der Waals surface area contributed by atoms with Gasteiger partial charge < -0.3 is 16.2 Å². The summed E-state index contributed by atoms with van der Waals surface area (Å²) in [5.74, 6) is -1.76. The first-order chi connectivity index (χ1) is 8.54. The van der Waals surface area contributed by atoms with Crippen LogP contribution in [-0.2, 0) is 16.0 Å². The molecule has 0 aliphatic carbocycles. The molecule has 0 aromatic heterocycles. The van der Waals surface area contributed by atoms with Crippen LogP contribution in [0.4, 0.5) is 0 Å². The van der Waals surface area contributed by atoms with E-state index in [1.807, 2.05) is 30.3 Å². The van der Waals surface area contributed by atoms with Gasteiger partial charge in [-0.15, -0.1) is 0 Å². The summed E-state index contributed by atoms with van der Waals surface area (Å²) in [6.07, 6.45) is 0.263.